The summed E-state index contributed by atoms with van der Waals surface area (Å²) < 4.78 is 13.5. The van der Waals surface area contributed by atoms with E-state index in [1.54, 1.807) is 22.6 Å². The zero-order valence-electron chi connectivity index (χ0n) is 5.97. The number of rotatable bonds is 1. The van der Waals surface area contributed by atoms with Crippen LogP contribution >= 0.6 is 22.6 Å². The van der Waals surface area contributed by atoms with Crippen molar-refractivity contribution in [3.05, 3.63) is 27.1 Å². The van der Waals surface area contributed by atoms with Gasteiger partial charge in [-0.15, -0.1) is 0 Å². The number of amides is 1. The summed E-state index contributed by atoms with van der Waals surface area (Å²) in [6, 6.07) is 2.93. The highest BCUT2D eigenvalue weighted by molar-refractivity contribution is 14.1. The third kappa shape index (κ3) is 1.50. The van der Waals surface area contributed by atoms with Crippen LogP contribution in [0.1, 0.15) is 10.4 Å². The summed E-state index contributed by atoms with van der Waals surface area (Å²) in [4.78, 5) is 10.7. The number of carbonyl (C=O) groups excluding carboxylic acids is 1. The van der Waals surface area contributed by atoms with Gasteiger partial charge in [-0.2, -0.15) is 0 Å². The second kappa shape index (κ2) is 3.26. The van der Waals surface area contributed by atoms with E-state index in [0.717, 1.165) is 0 Å². The molecule has 1 aromatic carbocycles. The van der Waals surface area contributed by atoms with Gasteiger partial charge < -0.3 is 11.5 Å². The van der Waals surface area contributed by atoms with Crippen LogP contribution < -0.4 is 11.5 Å². The summed E-state index contributed by atoms with van der Waals surface area (Å²) in [5.41, 5.74) is 10.1. The fraction of sp³-hybridized carbons (Fsp3) is 0. The number of halogens is 2. The van der Waals surface area contributed by atoms with E-state index in [-0.39, 0.29) is 11.3 Å². The van der Waals surface area contributed by atoms with Gasteiger partial charge in [0.15, 0.2) is 5.82 Å². The molecule has 0 fully saturated rings. The predicted octanol–water partition coefficient (Wildman–Crippen LogP) is 1.11. The highest BCUT2D eigenvalue weighted by Crippen LogP contribution is 2.20. The van der Waals surface area contributed by atoms with Crippen molar-refractivity contribution in [2.75, 3.05) is 5.73 Å². The number of nitrogen functional groups attached to an aromatic ring is 1. The molecular formula is C7H6FIN2O. The normalized spacial score (nSPS) is 9.83. The molecule has 0 unspecified atom stereocenters. The molecule has 64 valence electrons. The molecule has 0 radical (unpaired) electrons. The first-order valence-corrected chi connectivity index (χ1v) is 4.15. The van der Waals surface area contributed by atoms with Crippen LogP contribution in [0.25, 0.3) is 0 Å². The van der Waals surface area contributed by atoms with Gasteiger partial charge in [0.1, 0.15) is 0 Å². The highest BCUT2D eigenvalue weighted by Gasteiger charge is 2.14. The minimum Gasteiger partial charge on any atom is -0.398 e. The molecule has 0 bridgehead atoms. The number of anilines is 1. The summed E-state index contributed by atoms with van der Waals surface area (Å²) in [7, 11) is 0. The van der Waals surface area contributed by atoms with E-state index in [1.165, 1.54) is 12.1 Å². The summed E-state index contributed by atoms with van der Waals surface area (Å²) in [5, 5.41) is 0. The van der Waals surface area contributed by atoms with Gasteiger partial charge >= 0.3 is 0 Å². The van der Waals surface area contributed by atoms with E-state index < -0.39 is 11.7 Å². The van der Waals surface area contributed by atoms with E-state index in [0.29, 0.717) is 3.57 Å². The summed E-state index contributed by atoms with van der Waals surface area (Å²) in [6.07, 6.45) is 0. The zero-order chi connectivity index (χ0) is 9.30. The Bertz CT molecular complexity index is 340. The van der Waals surface area contributed by atoms with Crippen molar-refractivity contribution in [3.63, 3.8) is 0 Å². The standard InChI is InChI=1S/C7H6FIN2O/c8-6-3(9)1-2-4(10)5(6)7(11)12/h1-2H,10H2,(H2,11,12). The van der Waals surface area contributed by atoms with Crippen molar-refractivity contribution in [1.82, 2.24) is 0 Å². The highest BCUT2D eigenvalue weighted by atomic mass is 127. The molecule has 12 heavy (non-hydrogen) atoms. The largest absolute Gasteiger partial charge is 0.398 e. The number of primary amides is 1. The quantitative estimate of drug-likeness (QED) is 0.597. The van der Waals surface area contributed by atoms with E-state index >= 15 is 0 Å². The van der Waals surface area contributed by atoms with Crippen LogP contribution in [-0.4, -0.2) is 5.91 Å². The molecule has 0 aromatic heterocycles. The molecular weight excluding hydrogens is 274 g/mol. The molecule has 0 atom stereocenters. The van der Waals surface area contributed by atoms with Gasteiger partial charge in [-0.1, -0.05) is 0 Å². The smallest absolute Gasteiger partial charge is 0.253 e. The third-order valence-electron chi connectivity index (χ3n) is 1.37. The molecule has 1 aromatic rings. The van der Waals surface area contributed by atoms with Gasteiger partial charge in [0, 0.05) is 9.26 Å². The monoisotopic (exact) mass is 280 g/mol. The SMILES string of the molecule is NC(=O)c1c(N)ccc(I)c1F. The average molecular weight is 280 g/mol. The minimum absolute atomic E-state index is 0.0698. The number of carbonyl (C=O) groups is 1. The van der Waals surface area contributed by atoms with E-state index in [4.69, 9.17) is 11.5 Å². The molecule has 0 spiro atoms. The third-order valence-corrected chi connectivity index (χ3v) is 2.21. The van der Waals surface area contributed by atoms with Crippen LogP contribution in [0.2, 0.25) is 0 Å². The Hall–Kier alpha value is -0.850. The first-order valence-electron chi connectivity index (χ1n) is 3.07. The molecule has 0 saturated heterocycles. The molecule has 0 aliphatic rings. The second-order valence-electron chi connectivity index (χ2n) is 2.19. The van der Waals surface area contributed by atoms with Gasteiger partial charge in [0.25, 0.3) is 5.91 Å². The van der Waals surface area contributed by atoms with E-state index in [1.807, 2.05) is 0 Å². The Labute approximate surface area is 82.1 Å². The van der Waals surface area contributed by atoms with Crippen molar-refractivity contribution < 1.29 is 9.18 Å². The maximum absolute atomic E-state index is 13.1. The van der Waals surface area contributed by atoms with Crippen LogP contribution in [0.4, 0.5) is 10.1 Å². The van der Waals surface area contributed by atoms with Crippen LogP contribution in [-0.2, 0) is 0 Å². The molecule has 1 rings (SSSR count). The lowest BCUT2D eigenvalue weighted by atomic mass is 10.1. The van der Waals surface area contributed by atoms with Gasteiger partial charge in [0.2, 0.25) is 0 Å². The van der Waals surface area contributed by atoms with E-state index in [9.17, 15) is 9.18 Å². The van der Waals surface area contributed by atoms with Crippen molar-refractivity contribution in [1.29, 1.82) is 0 Å². The van der Waals surface area contributed by atoms with E-state index in [2.05, 4.69) is 0 Å². The zero-order valence-corrected chi connectivity index (χ0v) is 8.13. The molecule has 5 heteroatoms. The molecule has 0 saturated carbocycles. The van der Waals surface area contributed by atoms with Crippen LogP contribution in [0.5, 0.6) is 0 Å². The molecule has 0 aliphatic carbocycles. The second-order valence-corrected chi connectivity index (χ2v) is 3.35. The van der Waals surface area contributed by atoms with Gasteiger partial charge in [0.05, 0.1) is 5.56 Å². The lowest BCUT2D eigenvalue weighted by Crippen LogP contribution is -2.16. The number of hydrogen-bond donors (Lipinski definition) is 2. The Kier molecular flexibility index (Phi) is 2.51. The Morgan fingerprint density at radius 2 is 2.08 bits per heavy atom. The summed E-state index contributed by atoms with van der Waals surface area (Å²) >= 11 is 1.76. The van der Waals surface area contributed by atoms with Crippen LogP contribution in [0, 0.1) is 9.39 Å². The van der Waals surface area contributed by atoms with Gasteiger partial charge in [-0.3, -0.25) is 4.79 Å². The summed E-state index contributed by atoms with van der Waals surface area (Å²) in [5.74, 6) is -1.49. The maximum atomic E-state index is 13.1. The number of benzene rings is 1. The predicted molar refractivity (Wildman–Crippen MR) is 52.0 cm³/mol. The fourth-order valence-electron chi connectivity index (χ4n) is 0.816. The van der Waals surface area contributed by atoms with Crippen molar-refractivity contribution >= 4 is 34.2 Å². The first-order chi connectivity index (χ1) is 5.54. The molecule has 4 N–H and O–H groups in total. The first kappa shape index (κ1) is 9.24. The topological polar surface area (TPSA) is 69.1 Å². The Morgan fingerprint density at radius 3 is 2.50 bits per heavy atom. The number of hydrogen-bond acceptors (Lipinski definition) is 2. The average Bonchev–Trinajstić information content (AvgIpc) is 1.97. The lowest BCUT2D eigenvalue weighted by Gasteiger charge is -2.03. The van der Waals surface area contributed by atoms with Crippen LogP contribution in [0.3, 0.4) is 0 Å². The Balaban J connectivity index is 3.43. The summed E-state index contributed by atoms with van der Waals surface area (Å²) in [6.45, 7) is 0. The maximum Gasteiger partial charge on any atom is 0.253 e. The fourth-order valence-corrected chi connectivity index (χ4v) is 1.27. The van der Waals surface area contributed by atoms with Crippen LogP contribution in [0.15, 0.2) is 12.1 Å². The molecule has 3 nitrogen and oxygen atoms in total. The van der Waals surface area contributed by atoms with Gasteiger partial charge in [-0.25, -0.2) is 4.39 Å². The minimum atomic E-state index is -0.844. The van der Waals surface area contributed by atoms with Crippen molar-refractivity contribution in [2.24, 2.45) is 5.73 Å². The van der Waals surface area contributed by atoms with Crippen molar-refractivity contribution in [2.45, 2.75) is 0 Å². The molecule has 0 heterocycles. The molecule has 1 amide bonds. The molecule has 0 aliphatic heterocycles. The van der Waals surface area contributed by atoms with Gasteiger partial charge in [-0.05, 0) is 34.7 Å². The lowest BCUT2D eigenvalue weighted by molar-refractivity contribution is 0.0997. The van der Waals surface area contributed by atoms with Crippen molar-refractivity contribution in [3.8, 4) is 0 Å². The Morgan fingerprint density at radius 1 is 1.50 bits per heavy atom. The number of nitrogens with two attached hydrogens (primary N) is 2.